The molecule has 47 heavy (non-hydrogen) atoms. The molecule has 14 heteroatoms. The maximum absolute atomic E-state index is 13.8. The second-order valence-corrected chi connectivity index (χ2v) is 15.1. The van der Waals surface area contributed by atoms with E-state index in [1.165, 1.54) is 19.4 Å². The first kappa shape index (κ1) is 31.7. The van der Waals surface area contributed by atoms with E-state index >= 15 is 0 Å². The van der Waals surface area contributed by atoms with Gasteiger partial charge < -0.3 is 53.2 Å². The summed E-state index contributed by atoms with van der Waals surface area (Å²) in [5.74, 6) is -7.90. The number of carbonyl (C=O) groups is 3. The van der Waals surface area contributed by atoms with Crippen LogP contribution in [-0.4, -0.2) is 114 Å². The van der Waals surface area contributed by atoms with Gasteiger partial charge in [0, 0.05) is 34.2 Å². The predicted octanol–water partition coefficient (Wildman–Crippen LogP) is 0.255. The minimum atomic E-state index is -2.70. The maximum atomic E-state index is 13.8. The third-order valence-electron chi connectivity index (χ3n) is 13.8. The van der Waals surface area contributed by atoms with Crippen molar-refractivity contribution in [2.24, 2.45) is 34.0 Å². The largest absolute Gasteiger partial charge is 0.469 e. The fraction of sp³-hybridized carbons (Fsp3) is 0.788. The van der Waals surface area contributed by atoms with Crippen LogP contribution in [0.15, 0.2) is 24.0 Å². The van der Waals surface area contributed by atoms with Crippen LogP contribution in [0, 0.1) is 34.0 Å². The van der Waals surface area contributed by atoms with Crippen molar-refractivity contribution in [3.8, 4) is 0 Å². The van der Waals surface area contributed by atoms with E-state index in [9.17, 15) is 29.7 Å². The van der Waals surface area contributed by atoms with Gasteiger partial charge in [0.1, 0.15) is 17.3 Å². The maximum Gasteiger partial charge on any atom is 0.366 e. The summed E-state index contributed by atoms with van der Waals surface area (Å²) in [5.41, 5.74) is -8.28. The van der Waals surface area contributed by atoms with Gasteiger partial charge in [-0.05, 0) is 46.1 Å². The van der Waals surface area contributed by atoms with Crippen LogP contribution in [0.4, 0.5) is 0 Å². The molecule has 4 saturated heterocycles. The highest BCUT2D eigenvalue weighted by Gasteiger charge is 2.96. The molecule has 8 aliphatic rings. The van der Waals surface area contributed by atoms with E-state index in [0.29, 0.717) is 12.0 Å². The van der Waals surface area contributed by atoms with Crippen molar-refractivity contribution in [3.63, 3.8) is 0 Å². The van der Waals surface area contributed by atoms with E-state index in [1.54, 1.807) is 26.8 Å². The Balaban J connectivity index is 1.38. The molecule has 0 unspecified atom stereocenters. The third-order valence-corrected chi connectivity index (χ3v) is 13.8. The van der Waals surface area contributed by atoms with Crippen LogP contribution in [0.25, 0.3) is 0 Å². The van der Waals surface area contributed by atoms with Crippen LogP contribution < -0.4 is 0 Å². The van der Waals surface area contributed by atoms with E-state index in [0.717, 1.165) is 7.11 Å². The average Bonchev–Trinajstić information content (AvgIpc) is 3.42. The smallest absolute Gasteiger partial charge is 0.366 e. The Morgan fingerprint density at radius 3 is 2.47 bits per heavy atom. The first-order valence-electron chi connectivity index (χ1n) is 16.2. The molecule has 1 spiro atoms. The van der Waals surface area contributed by atoms with Gasteiger partial charge >= 0.3 is 17.9 Å². The molecule has 5 heterocycles. The molecule has 3 saturated carbocycles. The quantitative estimate of drug-likeness (QED) is 0.157. The van der Waals surface area contributed by atoms with Crippen molar-refractivity contribution >= 4 is 17.9 Å². The van der Waals surface area contributed by atoms with Gasteiger partial charge in [-0.3, -0.25) is 4.79 Å². The number of hydrogen-bond donors (Lipinski definition) is 3. The summed E-state index contributed by atoms with van der Waals surface area (Å²) < 4.78 is 48.1. The number of carbonyl (C=O) groups excluding carboxylic acids is 3. The lowest BCUT2D eigenvalue weighted by molar-refractivity contribution is -0.310. The monoisotopic (exact) mass is 662 g/mol. The molecule has 258 valence electrons. The van der Waals surface area contributed by atoms with E-state index in [4.69, 9.17) is 37.9 Å². The summed E-state index contributed by atoms with van der Waals surface area (Å²) in [6.07, 6.45) is -0.193. The first-order chi connectivity index (χ1) is 22.1. The first-order valence-corrected chi connectivity index (χ1v) is 16.2. The molecule has 0 aromatic carbocycles. The van der Waals surface area contributed by atoms with Gasteiger partial charge in [0.15, 0.2) is 5.60 Å². The highest BCUT2D eigenvalue weighted by atomic mass is 16.7. The fourth-order valence-corrected chi connectivity index (χ4v) is 11.9. The molecule has 15 atom stereocenters. The topological polar surface area (TPSA) is 189 Å². The minimum absolute atomic E-state index is 0.115. The van der Waals surface area contributed by atoms with Crippen molar-refractivity contribution in [1.29, 1.82) is 0 Å². The molecule has 14 nitrogen and oxygen atoms in total. The summed E-state index contributed by atoms with van der Waals surface area (Å²) in [7, 11) is 2.38. The molecule has 0 aromatic heterocycles. The summed E-state index contributed by atoms with van der Waals surface area (Å²) in [5, 5.41) is 37.1. The Labute approximate surface area is 271 Å². The molecular weight excluding hydrogens is 620 g/mol. The fourth-order valence-electron chi connectivity index (χ4n) is 11.9. The van der Waals surface area contributed by atoms with Gasteiger partial charge in [0.2, 0.25) is 6.29 Å². The lowest BCUT2D eigenvalue weighted by atomic mass is 9.38. The number of rotatable bonds is 5. The Kier molecular flexibility index (Phi) is 6.30. The Hall–Kier alpha value is -2.59. The van der Waals surface area contributed by atoms with Gasteiger partial charge in [-0.15, -0.1) is 0 Å². The Morgan fingerprint density at radius 2 is 1.79 bits per heavy atom. The summed E-state index contributed by atoms with van der Waals surface area (Å²) in [6.45, 7) is 6.37. The van der Waals surface area contributed by atoms with E-state index in [-0.39, 0.29) is 26.1 Å². The number of ether oxygens (including phenoxy) is 8. The highest BCUT2D eigenvalue weighted by molar-refractivity contribution is 5.88. The van der Waals surface area contributed by atoms with Crippen LogP contribution in [-0.2, 0) is 52.3 Å². The zero-order valence-corrected chi connectivity index (χ0v) is 27.2. The zero-order chi connectivity index (χ0) is 33.7. The minimum Gasteiger partial charge on any atom is -0.469 e. The predicted molar refractivity (Wildman–Crippen MR) is 153 cm³/mol. The van der Waals surface area contributed by atoms with E-state index < -0.39 is 105 Å². The van der Waals surface area contributed by atoms with Crippen molar-refractivity contribution in [2.75, 3.05) is 27.4 Å². The van der Waals surface area contributed by atoms with Crippen molar-refractivity contribution in [3.05, 3.63) is 24.0 Å². The standard InChI is InChI=1S/C33H42O14/c1-7-15(2)22(35)45-17-8-9-29(24(36)40-5)13-43-19-20(29)30(17)14-44-32(39,25(37)41-6)23(30)27(3,21(19)34)33-18-12-16(28(33,4)47-33)31(38)10-11-42-26(31)46-18/h7,10-11,16-21,23,26,34,38-39H,8-9,12-14H2,1-6H3/b15-7-/t16-,17-,18-,19-,20+,21+,23-,26+,27-,28-,29+,30+,31+,32+,33+/m1/s1. The van der Waals surface area contributed by atoms with E-state index in [1.807, 2.05) is 6.92 Å². The molecule has 3 N–H and O–H groups in total. The second kappa shape index (κ2) is 9.34. The van der Waals surface area contributed by atoms with Crippen molar-refractivity contribution in [1.82, 2.24) is 0 Å². The number of aliphatic hydroxyl groups excluding tert-OH is 1. The highest BCUT2D eigenvalue weighted by Crippen LogP contribution is 2.82. The van der Waals surface area contributed by atoms with Crippen LogP contribution in [0.5, 0.6) is 0 Å². The summed E-state index contributed by atoms with van der Waals surface area (Å²) in [4.78, 5) is 41.0. The average molecular weight is 663 g/mol. The second-order valence-electron chi connectivity index (χ2n) is 15.1. The summed E-state index contributed by atoms with van der Waals surface area (Å²) >= 11 is 0. The molecular formula is C33H42O14. The number of aliphatic hydroxyl groups is 3. The molecule has 0 amide bonds. The zero-order valence-electron chi connectivity index (χ0n) is 27.2. The molecule has 8 rings (SSSR count). The number of hydrogen-bond acceptors (Lipinski definition) is 14. The van der Waals surface area contributed by atoms with Crippen LogP contribution in [0.2, 0.25) is 0 Å². The molecule has 7 fully saturated rings. The van der Waals surface area contributed by atoms with Crippen LogP contribution in [0.3, 0.4) is 0 Å². The van der Waals surface area contributed by atoms with E-state index in [2.05, 4.69) is 0 Å². The normalized spacial score (nSPS) is 56.1. The van der Waals surface area contributed by atoms with Gasteiger partial charge in [-0.25, -0.2) is 9.59 Å². The number of allylic oxidation sites excluding steroid dienone is 1. The van der Waals surface area contributed by atoms with Gasteiger partial charge in [-0.1, -0.05) is 13.0 Å². The Morgan fingerprint density at radius 1 is 1.06 bits per heavy atom. The molecule has 5 aliphatic heterocycles. The number of fused-ring (bicyclic) bond motifs is 7. The van der Waals surface area contributed by atoms with Crippen LogP contribution >= 0.6 is 0 Å². The number of epoxide rings is 1. The number of esters is 3. The summed E-state index contributed by atoms with van der Waals surface area (Å²) in [6, 6.07) is 0. The van der Waals surface area contributed by atoms with Crippen molar-refractivity contribution in [2.45, 2.75) is 100 Å². The number of methoxy groups -OCH3 is 2. The van der Waals surface area contributed by atoms with Gasteiger partial charge in [-0.2, -0.15) is 0 Å². The van der Waals surface area contributed by atoms with Gasteiger partial charge in [0.25, 0.3) is 5.79 Å². The lowest BCUT2D eigenvalue weighted by Gasteiger charge is -2.65. The van der Waals surface area contributed by atoms with Crippen LogP contribution in [0.1, 0.15) is 47.0 Å². The SMILES string of the molecule is C/C=C(/C)C(=O)O[C@@H]1CC[C@]2(C(=O)OC)CO[C@@H]3[C@@H]2[C@]12CO[C@](O)(C(=O)OC)[C@@H]2[C@](C)([C@]12O[C@]1(C)[C@H]1C[C@H]2O[C@@H]2OC=C[C@@]21O)[C@H]3O. The third kappa shape index (κ3) is 3.16. The lowest BCUT2D eigenvalue weighted by Crippen LogP contribution is -2.77. The molecule has 0 aromatic rings. The molecule has 2 bridgehead atoms. The van der Waals surface area contributed by atoms with Crippen molar-refractivity contribution < 1.29 is 67.6 Å². The molecule has 3 aliphatic carbocycles. The van der Waals surface area contributed by atoms with Gasteiger partial charge in [0.05, 0.1) is 57.4 Å². The molecule has 0 radical (unpaired) electrons. The Bertz CT molecular complexity index is 1510.